The molecule has 110 valence electrons. The topological polar surface area (TPSA) is 21.3 Å². The average Bonchev–Trinajstić information content (AvgIpc) is 2.65. The molecule has 2 rings (SSSR count). The van der Waals surface area contributed by atoms with E-state index < -0.39 is 6.36 Å². The van der Waals surface area contributed by atoms with Crippen LogP contribution in [0.15, 0.2) is 30.3 Å². The highest BCUT2D eigenvalue weighted by atomic mass is 19.4. The molecule has 1 aliphatic heterocycles. The zero-order valence-electron chi connectivity index (χ0n) is 11.1. The van der Waals surface area contributed by atoms with Gasteiger partial charge in [0.05, 0.1) is 0 Å². The minimum absolute atomic E-state index is 0.192. The molecule has 1 aromatic carbocycles. The Morgan fingerprint density at radius 1 is 1.10 bits per heavy atom. The fourth-order valence-electron chi connectivity index (χ4n) is 2.23. The van der Waals surface area contributed by atoms with Gasteiger partial charge in [0.15, 0.2) is 0 Å². The molecule has 0 aromatic heterocycles. The van der Waals surface area contributed by atoms with Gasteiger partial charge in [0.1, 0.15) is 5.75 Å². The summed E-state index contributed by atoms with van der Waals surface area (Å²) in [6.45, 7) is 1.02. The monoisotopic (exact) mass is 285 g/mol. The van der Waals surface area contributed by atoms with Gasteiger partial charge in [-0.25, -0.2) is 0 Å². The van der Waals surface area contributed by atoms with Gasteiger partial charge in [-0.3, -0.25) is 0 Å². The Bertz CT molecular complexity index is 431. The van der Waals surface area contributed by atoms with E-state index in [0.717, 1.165) is 18.5 Å². The summed E-state index contributed by atoms with van der Waals surface area (Å²) in [6.07, 6.45) is 4.13. The van der Waals surface area contributed by atoms with Crippen LogP contribution in [-0.4, -0.2) is 18.9 Å². The molecule has 1 aromatic rings. The molecule has 1 fully saturated rings. The standard InChI is InChI=1S/C15H18F3NO/c16-15(17,18)20-14-9-6-12(7-10-14)5-8-13-4-2-1-3-11-19-13/h5-10,13,19H,1-4,11H2/b8-5+. The molecule has 1 saturated heterocycles. The molecule has 2 nitrogen and oxygen atoms in total. The van der Waals surface area contributed by atoms with Crippen molar-refractivity contribution in [2.24, 2.45) is 0 Å². The van der Waals surface area contributed by atoms with Crippen LogP contribution in [0.3, 0.4) is 0 Å². The molecule has 0 spiro atoms. The Balaban J connectivity index is 1.92. The second-order valence-corrected chi connectivity index (χ2v) is 4.89. The summed E-state index contributed by atoms with van der Waals surface area (Å²) < 4.78 is 39.9. The van der Waals surface area contributed by atoms with Crippen LogP contribution in [0.1, 0.15) is 31.2 Å². The normalized spacial score (nSPS) is 20.9. The molecule has 1 aliphatic rings. The molecular weight excluding hydrogens is 267 g/mol. The number of nitrogens with one attached hydrogen (secondary N) is 1. The number of hydrogen-bond acceptors (Lipinski definition) is 2. The Labute approximate surface area is 116 Å². The summed E-state index contributed by atoms with van der Waals surface area (Å²) in [5.41, 5.74) is 0.866. The molecule has 0 radical (unpaired) electrons. The first-order valence-electron chi connectivity index (χ1n) is 6.80. The fraction of sp³-hybridized carbons (Fsp3) is 0.467. The molecule has 1 heterocycles. The van der Waals surface area contributed by atoms with Gasteiger partial charge in [-0.15, -0.1) is 13.2 Å². The van der Waals surface area contributed by atoms with Crippen molar-refractivity contribution in [2.75, 3.05) is 6.54 Å². The maximum atomic E-state index is 12.0. The summed E-state index contributed by atoms with van der Waals surface area (Å²) in [6, 6.07) is 6.24. The molecule has 1 atom stereocenters. The van der Waals surface area contributed by atoms with E-state index in [1.54, 1.807) is 12.1 Å². The Morgan fingerprint density at radius 2 is 1.85 bits per heavy atom. The first-order chi connectivity index (χ1) is 9.53. The lowest BCUT2D eigenvalue weighted by molar-refractivity contribution is -0.274. The second-order valence-electron chi connectivity index (χ2n) is 4.89. The van der Waals surface area contributed by atoms with Crippen molar-refractivity contribution in [3.8, 4) is 5.75 Å². The van der Waals surface area contributed by atoms with Crippen molar-refractivity contribution in [2.45, 2.75) is 38.1 Å². The Kier molecular flexibility index (Phi) is 5.06. The number of halogens is 3. The number of ether oxygens (including phenoxy) is 1. The number of benzene rings is 1. The van der Waals surface area contributed by atoms with Gasteiger partial charge in [0, 0.05) is 6.04 Å². The second kappa shape index (κ2) is 6.79. The minimum atomic E-state index is -4.64. The van der Waals surface area contributed by atoms with E-state index in [9.17, 15) is 13.2 Å². The summed E-state index contributed by atoms with van der Waals surface area (Å²) in [4.78, 5) is 0. The van der Waals surface area contributed by atoms with Crippen LogP contribution in [0, 0.1) is 0 Å². The van der Waals surface area contributed by atoms with Crippen LogP contribution in [0.25, 0.3) is 6.08 Å². The predicted octanol–water partition coefficient (Wildman–Crippen LogP) is 4.13. The lowest BCUT2D eigenvalue weighted by Gasteiger charge is -2.10. The number of hydrogen-bond donors (Lipinski definition) is 1. The lowest BCUT2D eigenvalue weighted by atomic mass is 10.1. The third-order valence-corrected chi connectivity index (χ3v) is 3.23. The van der Waals surface area contributed by atoms with Crippen molar-refractivity contribution >= 4 is 6.08 Å². The SMILES string of the molecule is FC(F)(F)Oc1ccc(/C=C/C2CCCCCN2)cc1. The van der Waals surface area contributed by atoms with Gasteiger partial charge in [-0.1, -0.05) is 37.1 Å². The molecule has 0 bridgehead atoms. The van der Waals surface area contributed by atoms with Crippen molar-refractivity contribution in [1.29, 1.82) is 0 Å². The highest BCUT2D eigenvalue weighted by Gasteiger charge is 2.30. The maximum absolute atomic E-state index is 12.0. The zero-order valence-corrected chi connectivity index (χ0v) is 11.1. The number of alkyl halides is 3. The van der Waals surface area contributed by atoms with Gasteiger partial charge >= 0.3 is 6.36 Å². The van der Waals surface area contributed by atoms with E-state index in [4.69, 9.17) is 0 Å². The molecule has 0 saturated carbocycles. The first-order valence-corrected chi connectivity index (χ1v) is 6.80. The van der Waals surface area contributed by atoms with E-state index >= 15 is 0 Å². The third-order valence-electron chi connectivity index (χ3n) is 3.23. The largest absolute Gasteiger partial charge is 0.573 e. The van der Waals surface area contributed by atoms with Gasteiger partial charge in [0.25, 0.3) is 0 Å². The van der Waals surface area contributed by atoms with Crippen LogP contribution in [-0.2, 0) is 0 Å². The summed E-state index contributed by atoms with van der Waals surface area (Å²) in [7, 11) is 0. The average molecular weight is 285 g/mol. The molecule has 0 aliphatic carbocycles. The number of rotatable bonds is 3. The van der Waals surface area contributed by atoms with Crippen molar-refractivity contribution in [3.05, 3.63) is 35.9 Å². The van der Waals surface area contributed by atoms with E-state index in [-0.39, 0.29) is 5.75 Å². The smallest absolute Gasteiger partial charge is 0.406 e. The van der Waals surface area contributed by atoms with Crippen LogP contribution in [0.5, 0.6) is 5.75 Å². The molecular formula is C15H18F3NO. The van der Waals surface area contributed by atoms with E-state index in [0.29, 0.717) is 6.04 Å². The molecule has 1 unspecified atom stereocenters. The van der Waals surface area contributed by atoms with E-state index in [1.807, 2.05) is 6.08 Å². The minimum Gasteiger partial charge on any atom is -0.406 e. The van der Waals surface area contributed by atoms with Crippen LogP contribution >= 0.6 is 0 Å². The van der Waals surface area contributed by atoms with Crippen LogP contribution in [0.4, 0.5) is 13.2 Å². The van der Waals surface area contributed by atoms with Crippen molar-refractivity contribution in [3.63, 3.8) is 0 Å². The summed E-state index contributed by atoms with van der Waals surface area (Å²) in [5.74, 6) is -0.192. The Morgan fingerprint density at radius 3 is 2.55 bits per heavy atom. The summed E-state index contributed by atoms with van der Waals surface area (Å²) in [5, 5.41) is 3.43. The van der Waals surface area contributed by atoms with Crippen LogP contribution < -0.4 is 10.1 Å². The van der Waals surface area contributed by atoms with Gasteiger partial charge < -0.3 is 10.1 Å². The van der Waals surface area contributed by atoms with E-state index in [1.165, 1.54) is 31.4 Å². The fourth-order valence-corrected chi connectivity index (χ4v) is 2.23. The molecule has 0 amide bonds. The van der Waals surface area contributed by atoms with Gasteiger partial charge in [-0.2, -0.15) is 0 Å². The maximum Gasteiger partial charge on any atom is 0.573 e. The van der Waals surface area contributed by atoms with Crippen molar-refractivity contribution in [1.82, 2.24) is 5.32 Å². The van der Waals surface area contributed by atoms with E-state index in [2.05, 4.69) is 16.1 Å². The van der Waals surface area contributed by atoms with Gasteiger partial charge in [-0.05, 0) is 37.1 Å². The summed E-state index contributed by atoms with van der Waals surface area (Å²) >= 11 is 0. The first kappa shape index (κ1) is 14.9. The van der Waals surface area contributed by atoms with Crippen LogP contribution in [0.2, 0.25) is 0 Å². The highest BCUT2D eigenvalue weighted by molar-refractivity contribution is 5.51. The van der Waals surface area contributed by atoms with Crippen molar-refractivity contribution < 1.29 is 17.9 Å². The highest BCUT2D eigenvalue weighted by Crippen LogP contribution is 2.23. The molecule has 1 N–H and O–H groups in total. The molecule has 5 heteroatoms. The molecule has 20 heavy (non-hydrogen) atoms. The third kappa shape index (κ3) is 5.25. The predicted molar refractivity (Wildman–Crippen MR) is 72.4 cm³/mol. The quantitative estimate of drug-likeness (QED) is 0.901. The lowest BCUT2D eigenvalue weighted by Crippen LogP contribution is -2.25. The Hall–Kier alpha value is -1.49. The zero-order chi connectivity index (χ0) is 14.4. The van der Waals surface area contributed by atoms with Gasteiger partial charge in [0.2, 0.25) is 0 Å².